The van der Waals surface area contributed by atoms with Crippen LogP contribution in [0.1, 0.15) is 0 Å². The van der Waals surface area contributed by atoms with Gasteiger partial charge in [-0.05, 0) is 61.2 Å². The lowest BCUT2D eigenvalue weighted by molar-refractivity contribution is -0.390. The van der Waals surface area contributed by atoms with Gasteiger partial charge in [0.25, 0.3) is 0 Å². The fourth-order valence-electron chi connectivity index (χ4n) is 3.09. The highest BCUT2D eigenvalue weighted by Crippen LogP contribution is 2.15. The molecule has 4 heterocycles. The smallest absolute Gasteiger partial charge is 0.423 e. The molecule has 0 amide bonds. The molecule has 0 fully saturated rings. The van der Waals surface area contributed by atoms with E-state index in [1.165, 1.54) is 0 Å². The molecule has 21 heavy (non-hydrogen) atoms. The molecule has 0 saturated carbocycles. The van der Waals surface area contributed by atoms with Crippen molar-refractivity contribution in [3.05, 3.63) is 73.6 Å². The maximum absolute atomic E-state index is 4.52. The second kappa shape index (κ2) is 4.62. The van der Waals surface area contributed by atoms with Crippen molar-refractivity contribution in [1.82, 2.24) is 23.9 Å². The summed E-state index contributed by atoms with van der Waals surface area (Å²) in [5.41, 5.74) is 0. The molecule has 1 aliphatic rings. The Morgan fingerprint density at radius 2 is 1.52 bits per heavy atom. The van der Waals surface area contributed by atoms with Crippen LogP contribution in [-0.2, 0) is 0 Å². The molecule has 6 nitrogen and oxygen atoms in total. The topological polar surface area (TPSA) is 43.6 Å². The Balaban J connectivity index is 2.04. The van der Waals surface area contributed by atoms with Crippen LogP contribution >= 0.6 is 0 Å². The van der Waals surface area contributed by atoms with E-state index in [9.17, 15) is 0 Å². The molecule has 3 aromatic heterocycles. The molecule has 104 valence electrons. The lowest BCUT2D eigenvalue weighted by atomic mass is 9.73. The second-order valence-electron chi connectivity index (χ2n) is 5.07. The fraction of sp³-hybridized carbons (Fsp3) is 0.0714. The van der Waals surface area contributed by atoms with Crippen LogP contribution in [0.15, 0.2) is 73.6 Å². The Morgan fingerprint density at radius 1 is 0.857 bits per heavy atom. The monoisotopic (exact) mass is 278 g/mol. The van der Waals surface area contributed by atoms with E-state index in [4.69, 9.17) is 0 Å². The minimum Gasteiger partial charge on any atom is -0.423 e. The molecule has 0 aromatic carbocycles. The van der Waals surface area contributed by atoms with Crippen LogP contribution in [0.5, 0.6) is 0 Å². The molecule has 3 aromatic rings. The van der Waals surface area contributed by atoms with Gasteiger partial charge >= 0.3 is 6.69 Å². The Morgan fingerprint density at radius 3 is 2.00 bits per heavy atom. The van der Waals surface area contributed by atoms with Crippen molar-refractivity contribution in [2.24, 2.45) is 0 Å². The van der Waals surface area contributed by atoms with Crippen LogP contribution in [0.2, 0.25) is 0 Å². The SMILES string of the molecule is C1=CC[N+]([B-](n2cccc2)(n2cccn2)n2cccn2)=C1. The van der Waals surface area contributed by atoms with Gasteiger partial charge in [-0.25, -0.2) is 10.2 Å². The van der Waals surface area contributed by atoms with E-state index in [0.717, 1.165) is 6.54 Å². The predicted molar refractivity (Wildman–Crippen MR) is 81.2 cm³/mol. The maximum atomic E-state index is 4.52. The quantitative estimate of drug-likeness (QED) is 0.666. The van der Waals surface area contributed by atoms with E-state index in [-0.39, 0.29) is 0 Å². The Kier molecular flexibility index (Phi) is 2.63. The van der Waals surface area contributed by atoms with Crippen molar-refractivity contribution in [1.29, 1.82) is 0 Å². The largest absolute Gasteiger partial charge is 0.622 e. The first-order valence-corrected chi connectivity index (χ1v) is 6.96. The van der Waals surface area contributed by atoms with Crippen LogP contribution in [0, 0.1) is 0 Å². The second-order valence-corrected chi connectivity index (χ2v) is 5.07. The summed E-state index contributed by atoms with van der Waals surface area (Å²) < 4.78 is 8.34. The van der Waals surface area contributed by atoms with Crippen molar-refractivity contribution in [2.75, 3.05) is 6.54 Å². The molecule has 0 bridgehead atoms. The molecular weight excluding hydrogens is 263 g/mol. The lowest BCUT2D eigenvalue weighted by Gasteiger charge is -2.37. The molecule has 0 radical (unpaired) electrons. The van der Waals surface area contributed by atoms with Gasteiger partial charge in [0.2, 0.25) is 0 Å². The molecular formula is C14H15BN6. The number of hydrogen-bond donors (Lipinski definition) is 0. The summed E-state index contributed by atoms with van der Waals surface area (Å²) in [6, 6.07) is 7.92. The maximum Gasteiger partial charge on any atom is 0.622 e. The van der Waals surface area contributed by atoms with Gasteiger partial charge in [0.1, 0.15) is 12.8 Å². The van der Waals surface area contributed by atoms with Crippen LogP contribution in [-0.4, -0.2) is 47.8 Å². The molecule has 4 rings (SSSR count). The highest BCUT2D eigenvalue weighted by Gasteiger charge is 2.48. The third-order valence-electron chi connectivity index (χ3n) is 3.96. The summed E-state index contributed by atoms with van der Waals surface area (Å²) in [4.78, 5) is 0. The van der Waals surface area contributed by atoms with Crippen LogP contribution < -0.4 is 0 Å². The summed E-state index contributed by atoms with van der Waals surface area (Å²) >= 11 is 0. The summed E-state index contributed by atoms with van der Waals surface area (Å²) in [5.74, 6) is 0. The van der Waals surface area contributed by atoms with Crippen LogP contribution in [0.4, 0.5) is 0 Å². The first kappa shape index (κ1) is 12.0. The molecule has 0 saturated heterocycles. The minimum atomic E-state index is -1.56. The van der Waals surface area contributed by atoms with Gasteiger partial charge in [-0.1, -0.05) is 0 Å². The average Bonchev–Trinajstić information content (AvgIpc) is 3.32. The van der Waals surface area contributed by atoms with E-state index in [1.807, 2.05) is 45.8 Å². The fourth-order valence-corrected chi connectivity index (χ4v) is 3.09. The van der Waals surface area contributed by atoms with Crippen molar-refractivity contribution >= 4 is 12.9 Å². The van der Waals surface area contributed by atoms with E-state index < -0.39 is 6.69 Å². The third-order valence-corrected chi connectivity index (χ3v) is 3.96. The first-order chi connectivity index (χ1) is 10.4. The third kappa shape index (κ3) is 1.64. The standard InChI is InChI=1S/C14H15BN6/c1-2-10-18(9-1)15(19-11-3-4-12-19,20-13-5-7-16-20)21-14-6-8-17-21/h1-11,13-14H,12H2. The molecule has 0 N–H and O–H groups in total. The molecule has 0 spiro atoms. The van der Waals surface area contributed by atoms with Crippen LogP contribution in [0.3, 0.4) is 0 Å². The summed E-state index contributed by atoms with van der Waals surface area (Å²) in [6.07, 6.45) is 17.9. The summed E-state index contributed by atoms with van der Waals surface area (Å²) in [7, 11) is 0. The Hall–Kier alpha value is -2.83. The van der Waals surface area contributed by atoms with Gasteiger partial charge in [0.05, 0.1) is 0 Å². The van der Waals surface area contributed by atoms with Gasteiger partial charge in [0.15, 0.2) is 0 Å². The summed E-state index contributed by atoms with van der Waals surface area (Å²) in [5, 5.41) is 9.04. The lowest BCUT2D eigenvalue weighted by Crippen LogP contribution is -2.66. The molecule has 0 aliphatic carbocycles. The van der Waals surface area contributed by atoms with Crippen molar-refractivity contribution in [3.63, 3.8) is 0 Å². The number of allylic oxidation sites excluding steroid dienone is 1. The molecule has 0 atom stereocenters. The number of rotatable bonds is 4. The zero-order valence-corrected chi connectivity index (χ0v) is 11.5. The zero-order valence-electron chi connectivity index (χ0n) is 11.5. The number of aromatic nitrogens is 5. The Bertz CT molecular complexity index is 683. The van der Waals surface area contributed by atoms with E-state index in [1.54, 1.807) is 12.4 Å². The Labute approximate surface area is 122 Å². The zero-order chi connectivity index (χ0) is 14.1. The van der Waals surface area contributed by atoms with E-state index in [2.05, 4.69) is 49.9 Å². The number of nitrogens with zero attached hydrogens (tertiary/aromatic N) is 6. The van der Waals surface area contributed by atoms with Crippen molar-refractivity contribution in [3.8, 4) is 0 Å². The van der Waals surface area contributed by atoms with Gasteiger partial charge in [0, 0.05) is 12.4 Å². The summed E-state index contributed by atoms with van der Waals surface area (Å²) in [6.45, 7) is -0.738. The van der Waals surface area contributed by atoms with Gasteiger partial charge in [-0.3, -0.25) is 0 Å². The first-order valence-electron chi connectivity index (χ1n) is 6.96. The van der Waals surface area contributed by atoms with Gasteiger partial charge in [-0.15, -0.1) is 0 Å². The van der Waals surface area contributed by atoms with E-state index >= 15 is 0 Å². The minimum absolute atomic E-state index is 0.817. The average molecular weight is 278 g/mol. The highest BCUT2D eigenvalue weighted by molar-refractivity contribution is 6.67. The predicted octanol–water partition coefficient (Wildman–Crippen LogP) is 0.915. The van der Waals surface area contributed by atoms with Crippen molar-refractivity contribution < 1.29 is 4.49 Å². The highest BCUT2D eigenvalue weighted by atomic mass is 15.5. The molecule has 1 aliphatic heterocycles. The van der Waals surface area contributed by atoms with Gasteiger partial charge < -0.3 is 18.2 Å². The molecule has 0 unspecified atom stereocenters. The van der Waals surface area contributed by atoms with Crippen LogP contribution in [0.25, 0.3) is 0 Å². The van der Waals surface area contributed by atoms with Gasteiger partial charge in [-0.2, -0.15) is 0 Å². The van der Waals surface area contributed by atoms with Crippen molar-refractivity contribution in [2.45, 2.75) is 0 Å². The normalized spacial score (nSPS) is 14.6. The number of hydrogen-bond acceptors (Lipinski definition) is 2. The van der Waals surface area contributed by atoms with E-state index in [0.29, 0.717) is 0 Å². The molecule has 7 heteroatoms.